The molecule has 1 aliphatic heterocycles. The van der Waals surface area contributed by atoms with Crippen molar-refractivity contribution in [2.24, 2.45) is 0 Å². The fourth-order valence-electron chi connectivity index (χ4n) is 5.74. The predicted molar refractivity (Wildman–Crippen MR) is 190 cm³/mol. The van der Waals surface area contributed by atoms with Gasteiger partial charge in [-0.15, -0.1) is 0 Å². The van der Waals surface area contributed by atoms with Gasteiger partial charge in [0.05, 0.1) is 35.5 Å². The van der Waals surface area contributed by atoms with Crippen LogP contribution in [-0.2, 0) is 4.57 Å². The van der Waals surface area contributed by atoms with Crippen molar-refractivity contribution in [3.63, 3.8) is 0 Å². The Balaban J connectivity index is 1.52. The molecule has 0 unspecified atom stereocenters. The summed E-state index contributed by atoms with van der Waals surface area (Å²) in [5.41, 5.74) is 4.97. The highest BCUT2D eigenvalue weighted by molar-refractivity contribution is 7.71. The average Bonchev–Trinajstić information content (AvgIpc) is 3.04. The molecule has 0 radical (unpaired) electrons. The average molecular weight is 663 g/mol. The van der Waals surface area contributed by atoms with Crippen molar-refractivity contribution in [3.8, 4) is 5.75 Å². The van der Waals surface area contributed by atoms with Gasteiger partial charge in [0.15, 0.2) is 5.82 Å². The van der Waals surface area contributed by atoms with Gasteiger partial charge in [-0.25, -0.2) is 4.98 Å². The van der Waals surface area contributed by atoms with Crippen LogP contribution in [0.5, 0.6) is 5.75 Å². The Morgan fingerprint density at radius 2 is 1.85 bits per heavy atom. The van der Waals surface area contributed by atoms with Crippen LogP contribution in [-0.4, -0.2) is 91.8 Å². The summed E-state index contributed by atoms with van der Waals surface area (Å²) in [6.07, 6.45) is 9.90. The van der Waals surface area contributed by atoms with Gasteiger partial charge in [0.2, 0.25) is 5.95 Å². The minimum absolute atomic E-state index is 0.267. The van der Waals surface area contributed by atoms with Crippen LogP contribution in [0.3, 0.4) is 0 Å². The Labute approximate surface area is 274 Å². The highest BCUT2D eigenvalue weighted by atomic mass is 35.5. The zero-order valence-corrected chi connectivity index (χ0v) is 28.6. The van der Waals surface area contributed by atoms with Crippen LogP contribution in [0.4, 0.5) is 28.8 Å². The molecular weight excluding hydrogens is 623 g/mol. The van der Waals surface area contributed by atoms with Crippen molar-refractivity contribution in [2.75, 3.05) is 70.2 Å². The Morgan fingerprint density at radius 1 is 1.11 bits per heavy atom. The lowest BCUT2D eigenvalue weighted by Gasteiger charge is -2.37. The maximum absolute atomic E-state index is 13.4. The molecule has 46 heavy (non-hydrogen) atoms. The lowest BCUT2D eigenvalue weighted by molar-refractivity contribution is 0.249. The number of methoxy groups -OCH3 is 1. The van der Waals surface area contributed by atoms with Crippen molar-refractivity contribution in [1.82, 2.24) is 30.2 Å². The van der Waals surface area contributed by atoms with Gasteiger partial charge in [-0.2, -0.15) is 4.98 Å². The SMILES string of the molecule is CN/C=C(\C=N)c1cc(Nc2ncc(Cl)c(Nc3ccc4nccnc4c3P(C)(C)=O)n2)c(OC)cc1N1CCC(N(C)C)CC1. The maximum Gasteiger partial charge on any atom is 0.229 e. The monoisotopic (exact) mass is 662 g/mol. The quantitative estimate of drug-likeness (QED) is 0.118. The largest absolute Gasteiger partial charge is 0.494 e. The van der Waals surface area contributed by atoms with Crippen LogP contribution in [0.15, 0.2) is 49.1 Å². The van der Waals surface area contributed by atoms with E-state index in [1.165, 1.54) is 12.4 Å². The highest BCUT2D eigenvalue weighted by Crippen LogP contribution is 2.42. The number of hydrogen-bond donors (Lipinski definition) is 4. The normalized spacial score (nSPS) is 14.4. The molecule has 14 heteroatoms. The molecule has 242 valence electrons. The summed E-state index contributed by atoms with van der Waals surface area (Å²) in [5, 5.41) is 18.6. The summed E-state index contributed by atoms with van der Waals surface area (Å²) in [4.78, 5) is 22.6. The summed E-state index contributed by atoms with van der Waals surface area (Å²) >= 11 is 6.56. The van der Waals surface area contributed by atoms with Crippen LogP contribution in [0, 0.1) is 5.41 Å². The molecule has 0 amide bonds. The Hall–Kier alpha value is -4.25. The first-order valence-corrected chi connectivity index (χ1v) is 17.9. The number of ether oxygens (including phenoxy) is 1. The number of allylic oxidation sites excluding steroid dienone is 1. The van der Waals surface area contributed by atoms with Crippen molar-refractivity contribution >= 4 is 75.7 Å². The van der Waals surface area contributed by atoms with Gasteiger partial charge in [-0.1, -0.05) is 11.6 Å². The third kappa shape index (κ3) is 7.09. The second kappa shape index (κ2) is 14.0. The molecule has 2 aromatic carbocycles. The van der Waals surface area contributed by atoms with Gasteiger partial charge >= 0.3 is 0 Å². The number of anilines is 5. The van der Waals surface area contributed by atoms with E-state index in [4.69, 9.17) is 21.7 Å². The van der Waals surface area contributed by atoms with Crippen LogP contribution in [0.25, 0.3) is 16.6 Å². The van der Waals surface area contributed by atoms with Crippen LogP contribution in [0.2, 0.25) is 5.02 Å². The number of nitrogens with zero attached hydrogens (tertiary/aromatic N) is 6. The summed E-state index contributed by atoms with van der Waals surface area (Å²) in [6, 6.07) is 8.10. The lowest BCUT2D eigenvalue weighted by atomic mass is 9.98. The smallest absolute Gasteiger partial charge is 0.229 e. The van der Waals surface area contributed by atoms with Crippen LogP contribution in [0.1, 0.15) is 18.4 Å². The van der Waals surface area contributed by atoms with Gasteiger partial charge in [0.25, 0.3) is 0 Å². The molecule has 5 rings (SSSR count). The van der Waals surface area contributed by atoms with E-state index >= 15 is 0 Å². The van der Waals surface area contributed by atoms with Gasteiger partial charge < -0.3 is 40.5 Å². The molecular formula is C32H40ClN10O2P. The van der Waals surface area contributed by atoms with E-state index in [-0.39, 0.29) is 11.0 Å². The van der Waals surface area contributed by atoms with Crippen molar-refractivity contribution in [2.45, 2.75) is 18.9 Å². The number of halogens is 1. The van der Waals surface area contributed by atoms with Crippen molar-refractivity contribution < 1.29 is 9.30 Å². The lowest BCUT2D eigenvalue weighted by Crippen LogP contribution is -2.42. The first-order valence-electron chi connectivity index (χ1n) is 14.9. The highest BCUT2D eigenvalue weighted by Gasteiger charge is 2.26. The molecule has 1 aliphatic rings. The van der Waals surface area contributed by atoms with Gasteiger partial charge in [0.1, 0.15) is 23.4 Å². The van der Waals surface area contributed by atoms with Gasteiger partial charge in [-0.05, 0) is 58.5 Å². The fraction of sp³-hybridized carbons (Fsp3) is 0.344. The molecule has 3 heterocycles. The number of hydrogen-bond acceptors (Lipinski definition) is 12. The van der Waals surface area contributed by atoms with E-state index in [1.54, 1.807) is 45.1 Å². The summed E-state index contributed by atoms with van der Waals surface area (Å²) in [5.74, 6) is 1.19. The standard InChI is InChI=1S/C32H40ClN10O2P/c1-35-18-20(17-34)22-15-26(28(45-4)16-27(22)43-13-9-21(10-14-43)42(2)3)40-32-38-19-23(33)31(41-32)39-25-8-7-24-29(37-12-11-36-24)30(25)46(5,6)44/h7-8,11-12,15-19,21,34-35H,9-10,13-14H2,1-6H3,(H2,38,39,40,41)/b20-18+,34-17?. The van der Waals surface area contributed by atoms with E-state index in [1.807, 2.05) is 25.2 Å². The van der Waals surface area contributed by atoms with E-state index in [0.29, 0.717) is 50.9 Å². The fourth-order valence-corrected chi connectivity index (χ4v) is 7.27. The number of fused-ring (bicyclic) bond motifs is 1. The summed E-state index contributed by atoms with van der Waals surface area (Å²) < 4.78 is 19.3. The van der Waals surface area contributed by atoms with Crippen LogP contribution >= 0.6 is 18.7 Å². The van der Waals surface area contributed by atoms with Crippen molar-refractivity contribution in [3.05, 3.63) is 59.6 Å². The van der Waals surface area contributed by atoms with Crippen LogP contribution < -0.4 is 30.9 Å². The van der Waals surface area contributed by atoms with Crippen molar-refractivity contribution in [1.29, 1.82) is 5.41 Å². The molecule has 0 spiro atoms. The third-order valence-electron chi connectivity index (χ3n) is 8.02. The Bertz CT molecular complexity index is 1820. The molecule has 4 aromatic rings. The number of benzene rings is 2. The first kappa shape index (κ1) is 33.1. The van der Waals surface area contributed by atoms with E-state index in [9.17, 15) is 4.57 Å². The Kier molecular flexibility index (Phi) is 10.1. The number of nitrogens with one attached hydrogen (secondary N) is 4. The molecule has 0 atom stereocenters. The maximum atomic E-state index is 13.4. The molecule has 0 saturated carbocycles. The number of rotatable bonds is 11. The number of piperidine rings is 1. The molecule has 4 N–H and O–H groups in total. The molecule has 0 bridgehead atoms. The number of aromatic nitrogens is 4. The zero-order chi connectivity index (χ0) is 33.0. The molecule has 1 saturated heterocycles. The van der Waals surface area contributed by atoms with E-state index in [0.717, 1.165) is 37.2 Å². The molecule has 12 nitrogen and oxygen atoms in total. The summed E-state index contributed by atoms with van der Waals surface area (Å²) in [6.45, 7) is 5.16. The molecule has 2 aromatic heterocycles. The summed E-state index contributed by atoms with van der Waals surface area (Å²) in [7, 11) is 4.89. The Morgan fingerprint density at radius 3 is 2.50 bits per heavy atom. The van der Waals surface area contributed by atoms with Gasteiger partial charge in [0, 0.05) is 73.9 Å². The third-order valence-corrected chi connectivity index (χ3v) is 9.82. The van der Waals surface area contributed by atoms with E-state index < -0.39 is 7.14 Å². The van der Waals surface area contributed by atoms with E-state index in [2.05, 4.69) is 59.8 Å². The molecule has 1 fully saturated rings. The second-order valence-electron chi connectivity index (χ2n) is 11.7. The first-order chi connectivity index (χ1) is 22.0. The molecule has 0 aliphatic carbocycles. The topological polar surface area (TPSA) is 144 Å². The minimum atomic E-state index is -2.80. The second-order valence-corrected chi connectivity index (χ2v) is 15.2. The minimum Gasteiger partial charge on any atom is -0.494 e. The van der Waals surface area contributed by atoms with Gasteiger partial charge in [-0.3, -0.25) is 9.97 Å². The zero-order valence-electron chi connectivity index (χ0n) is 26.9. The predicted octanol–water partition coefficient (Wildman–Crippen LogP) is 5.56.